The molecular formula is C13H20BNO2. The van der Waals surface area contributed by atoms with Crippen molar-refractivity contribution in [2.45, 2.75) is 32.2 Å². The zero-order valence-electron chi connectivity index (χ0n) is 10.3. The summed E-state index contributed by atoms with van der Waals surface area (Å²) in [5.74, 6) is 0. The molecule has 0 aromatic heterocycles. The van der Waals surface area contributed by atoms with Crippen molar-refractivity contribution in [2.24, 2.45) is 0 Å². The standard InChI is InChI=1S/C13H18BN.2H2O/c1-11(15-9-3-2-4-10-15)12-5-7-13(14)8-6-12;;/h5-8,11H,2-4,9-10H2,1H3;2*1H2/q+2;;/p-2. The van der Waals surface area contributed by atoms with E-state index in [0.29, 0.717) is 6.04 Å². The van der Waals surface area contributed by atoms with Crippen LogP contribution in [-0.4, -0.2) is 36.8 Å². The van der Waals surface area contributed by atoms with Crippen LogP contribution in [-0.2, 0) is 0 Å². The number of nitrogens with zero attached hydrogens (tertiary/aromatic N) is 1. The van der Waals surface area contributed by atoms with Crippen molar-refractivity contribution in [1.29, 1.82) is 0 Å². The summed E-state index contributed by atoms with van der Waals surface area (Å²) in [7, 11) is 5.69. The third-order valence-electron chi connectivity index (χ3n) is 3.36. The molecule has 1 aromatic carbocycles. The number of hydrogen-bond acceptors (Lipinski definition) is 3. The van der Waals surface area contributed by atoms with Crippen molar-refractivity contribution in [3.8, 4) is 0 Å². The molecule has 1 aliphatic heterocycles. The Morgan fingerprint density at radius 1 is 1.00 bits per heavy atom. The first-order valence-electron chi connectivity index (χ1n) is 5.87. The van der Waals surface area contributed by atoms with Crippen molar-refractivity contribution < 1.29 is 11.0 Å². The first-order valence-corrected chi connectivity index (χ1v) is 5.87. The minimum Gasteiger partial charge on any atom is -0.870 e. The predicted molar refractivity (Wildman–Crippen MR) is 69.5 cm³/mol. The molecule has 0 bridgehead atoms. The first kappa shape index (κ1) is 16.2. The Balaban J connectivity index is 0.00000128. The minimum atomic E-state index is 0. The van der Waals surface area contributed by atoms with Crippen LogP contribution in [0.25, 0.3) is 0 Å². The van der Waals surface area contributed by atoms with E-state index < -0.39 is 0 Å². The summed E-state index contributed by atoms with van der Waals surface area (Å²) in [6.07, 6.45) is 4.09. The Morgan fingerprint density at radius 3 is 2.06 bits per heavy atom. The molecule has 1 aromatic rings. The van der Waals surface area contributed by atoms with E-state index in [1.807, 2.05) is 12.1 Å². The molecule has 0 saturated carbocycles. The van der Waals surface area contributed by atoms with Crippen LogP contribution in [0.5, 0.6) is 0 Å². The van der Waals surface area contributed by atoms with E-state index in [2.05, 4.69) is 24.0 Å². The normalized spacial score (nSPS) is 17.8. The molecule has 17 heavy (non-hydrogen) atoms. The van der Waals surface area contributed by atoms with E-state index in [0.717, 1.165) is 5.46 Å². The number of likely N-dealkylation sites (tertiary alicyclic amines) is 1. The third kappa shape index (κ3) is 4.15. The van der Waals surface area contributed by atoms with E-state index in [1.165, 1.54) is 37.9 Å². The number of hydrogen-bond donors (Lipinski definition) is 0. The van der Waals surface area contributed by atoms with Crippen molar-refractivity contribution in [3.05, 3.63) is 29.8 Å². The molecule has 0 spiro atoms. The predicted octanol–water partition coefficient (Wildman–Crippen LogP) is 1.67. The molecule has 92 valence electrons. The average Bonchev–Trinajstić information content (AvgIpc) is 2.30. The van der Waals surface area contributed by atoms with E-state index in [4.69, 9.17) is 7.85 Å². The molecule has 1 fully saturated rings. The largest absolute Gasteiger partial charge is 0.870 e. The molecule has 0 radical (unpaired) electrons. The molecule has 4 heteroatoms. The molecule has 0 aliphatic carbocycles. The summed E-state index contributed by atoms with van der Waals surface area (Å²) in [6, 6.07) is 8.82. The van der Waals surface area contributed by atoms with Crippen molar-refractivity contribution in [1.82, 2.24) is 4.90 Å². The Hall–Kier alpha value is -0.835. The molecule has 0 amide bonds. The molecule has 2 N–H and O–H groups in total. The number of benzene rings is 1. The zero-order chi connectivity index (χ0) is 10.7. The van der Waals surface area contributed by atoms with Crippen LogP contribution in [0.15, 0.2) is 24.3 Å². The van der Waals surface area contributed by atoms with Crippen molar-refractivity contribution >= 4 is 13.3 Å². The van der Waals surface area contributed by atoms with Gasteiger partial charge in [0.2, 0.25) is 0 Å². The van der Waals surface area contributed by atoms with Gasteiger partial charge in [-0.05, 0) is 0 Å². The SMILES string of the molecule is [B+2]c1ccc(C(C)N2CCCCC2)cc1.[OH-].[OH-]. The van der Waals surface area contributed by atoms with Crippen molar-refractivity contribution in [3.63, 3.8) is 0 Å². The van der Waals surface area contributed by atoms with Gasteiger partial charge in [-0.1, -0.05) is 0 Å². The summed E-state index contributed by atoms with van der Waals surface area (Å²) in [4.78, 5) is 2.56. The van der Waals surface area contributed by atoms with Gasteiger partial charge in [0.15, 0.2) is 0 Å². The van der Waals surface area contributed by atoms with Crippen LogP contribution in [0.1, 0.15) is 37.8 Å². The number of rotatable bonds is 2. The van der Waals surface area contributed by atoms with Gasteiger partial charge in [0, 0.05) is 0 Å². The van der Waals surface area contributed by atoms with Gasteiger partial charge < -0.3 is 11.0 Å². The third-order valence-corrected chi connectivity index (χ3v) is 3.36. The topological polar surface area (TPSA) is 63.2 Å². The maximum atomic E-state index is 5.69. The van der Waals surface area contributed by atoms with Crippen LogP contribution < -0.4 is 5.46 Å². The fraction of sp³-hybridized carbons (Fsp3) is 0.538. The average molecular weight is 233 g/mol. The van der Waals surface area contributed by atoms with Gasteiger partial charge in [-0.15, -0.1) is 0 Å². The van der Waals surface area contributed by atoms with E-state index >= 15 is 0 Å². The van der Waals surface area contributed by atoms with Crippen LogP contribution in [0, 0.1) is 0 Å². The maximum Gasteiger partial charge on any atom is -0.870 e. The fourth-order valence-corrected chi connectivity index (χ4v) is 2.29. The van der Waals surface area contributed by atoms with Gasteiger partial charge in [-0.3, -0.25) is 0 Å². The van der Waals surface area contributed by atoms with Gasteiger partial charge in [0.1, 0.15) is 0 Å². The smallest absolute Gasteiger partial charge is 0.870 e. The Labute approximate surface area is 105 Å². The van der Waals surface area contributed by atoms with E-state index in [1.54, 1.807) is 0 Å². The second-order valence-corrected chi connectivity index (χ2v) is 4.44. The molecule has 1 aliphatic rings. The zero-order valence-corrected chi connectivity index (χ0v) is 10.3. The maximum absolute atomic E-state index is 5.69. The summed E-state index contributed by atoms with van der Waals surface area (Å²) >= 11 is 0. The Kier molecular flexibility index (Phi) is 7.12. The van der Waals surface area contributed by atoms with Gasteiger partial charge in [-0.25, -0.2) is 0 Å². The van der Waals surface area contributed by atoms with Gasteiger partial charge in [0.05, 0.1) is 0 Å². The molecular weight excluding hydrogens is 213 g/mol. The second kappa shape index (κ2) is 7.48. The van der Waals surface area contributed by atoms with Crippen molar-refractivity contribution in [2.75, 3.05) is 13.1 Å². The first-order chi connectivity index (χ1) is 7.27. The van der Waals surface area contributed by atoms with Gasteiger partial charge >= 0.3 is 93.4 Å². The molecule has 1 atom stereocenters. The molecule has 1 heterocycles. The molecule has 3 nitrogen and oxygen atoms in total. The quantitative estimate of drug-likeness (QED) is 0.730. The molecule has 1 unspecified atom stereocenters. The van der Waals surface area contributed by atoms with Crippen LogP contribution in [0.4, 0.5) is 0 Å². The van der Waals surface area contributed by atoms with Gasteiger partial charge in [0.25, 0.3) is 0 Å². The minimum absolute atomic E-state index is 0. The monoisotopic (exact) mass is 233 g/mol. The summed E-state index contributed by atoms with van der Waals surface area (Å²) in [5, 5.41) is 0. The van der Waals surface area contributed by atoms with Crippen LogP contribution in [0.3, 0.4) is 0 Å². The second-order valence-electron chi connectivity index (χ2n) is 4.44. The van der Waals surface area contributed by atoms with E-state index in [9.17, 15) is 0 Å². The van der Waals surface area contributed by atoms with Crippen LogP contribution in [0.2, 0.25) is 0 Å². The summed E-state index contributed by atoms with van der Waals surface area (Å²) in [6.45, 7) is 4.77. The fourth-order valence-electron chi connectivity index (χ4n) is 2.29. The van der Waals surface area contributed by atoms with E-state index in [-0.39, 0.29) is 11.0 Å². The summed E-state index contributed by atoms with van der Waals surface area (Å²) < 4.78 is 0. The molecule has 2 rings (SSSR count). The Morgan fingerprint density at radius 2 is 1.53 bits per heavy atom. The summed E-state index contributed by atoms with van der Waals surface area (Å²) in [5.41, 5.74) is 2.23. The Bertz CT molecular complexity index is 310. The van der Waals surface area contributed by atoms with Crippen LogP contribution >= 0.6 is 0 Å². The number of piperidine rings is 1. The molecule has 1 saturated heterocycles. The van der Waals surface area contributed by atoms with Gasteiger partial charge in [-0.2, -0.15) is 0 Å².